The Bertz CT molecular complexity index is 1020. The summed E-state index contributed by atoms with van der Waals surface area (Å²) in [5.41, 5.74) is 4.00. The number of benzene rings is 2. The predicted octanol–water partition coefficient (Wildman–Crippen LogP) is 5.03. The number of nitrogens with zero attached hydrogens (tertiary/aromatic N) is 3. The Hall–Kier alpha value is -2.85. The average molecular weight is 335 g/mol. The first kappa shape index (κ1) is 14.7. The maximum atomic E-state index is 6.02. The fraction of sp³-hybridized carbons (Fsp3) is 0.0526. The summed E-state index contributed by atoms with van der Waals surface area (Å²) in [6.45, 7) is 0. The summed E-state index contributed by atoms with van der Waals surface area (Å²) in [6, 6.07) is 17.7. The molecule has 0 unspecified atom stereocenters. The van der Waals surface area contributed by atoms with Crippen molar-refractivity contribution in [2.45, 2.75) is 0 Å². The van der Waals surface area contributed by atoms with E-state index in [1.165, 1.54) is 10.9 Å². The minimum atomic E-state index is 0.544. The number of aryl methyl sites for hydroxylation is 1. The highest BCUT2D eigenvalue weighted by Crippen LogP contribution is 2.28. The molecule has 118 valence electrons. The second kappa shape index (κ2) is 5.98. The Morgan fingerprint density at radius 1 is 1.04 bits per heavy atom. The Labute approximate surface area is 144 Å². The monoisotopic (exact) mass is 334 g/mol. The van der Waals surface area contributed by atoms with Crippen LogP contribution in [0, 0.1) is 0 Å². The number of aromatic nitrogens is 3. The van der Waals surface area contributed by atoms with Crippen LogP contribution in [0.4, 0.5) is 11.6 Å². The molecule has 5 heteroatoms. The molecule has 0 aliphatic rings. The fourth-order valence-electron chi connectivity index (χ4n) is 2.79. The lowest BCUT2D eigenvalue weighted by atomic mass is 10.1. The van der Waals surface area contributed by atoms with E-state index in [0.717, 1.165) is 16.9 Å². The summed E-state index contributed by atoms with van der Waals surface area (Å²) in [5, 5.41) is 5.04. The first-order valence-electron chi connectivity index (χ1n) is 7.61. The molecule has 0 aliphatic heterocycles. The van der Waals surface area contributed by atoms with Gasteiger partial charge in [0, 0.05) is 46.6 Å². The van der Waals surface area contributed by atoms with Crippen molar-refractivity contribution in [3.63, 3.8) is 0 Å². The van der Waals surface area contributed by atoms with E-state index in [9.17, 15) is 0 Å². The highest BCUT2D eigenvalue weighted by Gasteiger charge is 2.08. The third-order valence-electron chi connectivity index (χ3n) is 3.94. The van der Waals surface area contributed by atoms with Crippen LogP contribution in [0.25, 0.3) is 22.2 Å². The molecule has 2 heterocycles. The van der Waals surface area contributed by atoms with Crippen molar-refractivity contribution in [3.05, 3.63) is 72.0 Å². The molecule has 2 aromatic carbocycles. The highest BCUT2D eigenvalue weighted by atomic mass is 35.5. The van der Waals surface area contributed by atoms with Crippen molar-refractivity contribution in [2.24, 2.45) is 7.05 Å². The molecule has 0 spiro atoms. The van der Waals surface area contributed by atoms with Crippen LogP contribution in [0.15, 0.2) is 67.0 Å². The summed E-state index contributed by atoms with van der Waals surface area (Å²) in [7, 11) is 2.04. The quantitative estimate of drug-likeness (QED) is 0.571. The Morgan fingerprint density at radius 2 is 1.92 bits per heavy atom. The molecule has 1 N–H and O–H groups in total. The first-order chi connectivity index (χ1) is 11.7. The minimum absolute atomic E-state index is 0.544. The average Bonchev–Trinajstić information content (AvgIpc) is 2.97. The van der Waals surface area contributed by atoms with Crippen molar-refractivity contribution in [3.8, 4) is 11.3 Å². The zero-order valence-corrected chi connectivity index (χ0v) is 13.8. The van der Waals surface area contributed by atoms with E-state index < -0.39 is 0 Å². The summed E-state index contributed by atoms with van der Waals surface area (Å²) in [6.07, 6.45) is 3.82. The largest absolute Gasteiger partial charge is 0.351 e. The summed E-state index contributed by atoms with van der Waals surface area (Å²) in [4.78, 5) is 8.96. The second-order valence-electron chi connectivity index (χ2n) is 5.57. The van der Waals surface area contributed by atoms with Gasteiger partial charge in [-0.05, 0) is 36.4 Å². The molecule has 0 saturated heterocycles. The van der Waals surface area contributed by atoms with Crippen molar-refractivity contribution < 1.29 is 0 Å². The van der Waals surface area contributed by atoms with Gasteiger partial charge in [0.1, 0.15) is 0 Å². The van der Waals surface area contributed by atoms with Gasteiger partial charge in [-0.15, -0.1) is 0 Å². The normalized spacial score (nSPS) is 10.9. The zero-order valence-electron chi connectivity index (χ0n) is 13.1. The van der Waals surface area contributed by atoms with E-state index in [1.807, 2.05) is 43.4 Å². The number of nitrogens with one attached hydrogen (secondary N) is 1. The molecule has 0 atom stereocenters. The van der Waals surface area contributed by atoms with Gasteiger partial charge < -0.3 is 9.88 Å². The van der Waals surface area contributed by atoms with Crippen LogP contribution in [-0.2, 0) is 7.05 Å². The maximum Gasteiger partial charge on any atom is 0.227 e. The van der Waals surface area contributed by atoms with Crippen LogP contribution >= 0.6 is 11.6 Å². The van der Waals surface area contributed by atoms with Crippen molar-refractivity contribution >= 4 is 34.1 Å². The van der Waals surface area contributed by atoms with Gasteiger partial charge in [0.15, 0.2) is 0 Å². The summed E-state index contributed by atoms with van der Waals surface area (Å²) in [5.74, 6) is 0.544. The van der Waals surface area contributed by atoms with Crippen LogP contribution < -0.4 is 5.32 Å². The molecule has 0 aliphatic carbocycles. The molecule has 4 nitrogen and oxygen atoms in total. The van der Waals surface area contributed by atoms with Crippen LogP contribution in [0.5, 0.6) is 0 Å². The fourth-order valence-corrected chi connectivity index (χ4v) is 2.98. The van der Waals surface area contributed by atoms with E-state index in [1.54, 1.807) is 6.20 Å². The zero-order chi connectivity index (χ0) is 16.5. The molecule has 24 heavy (non-hydrogen) atoms. The van der Waals surface area contributed by atoms with E-state index in [2.05, 4.69) is 44.2 Å². The van der Waals surface area contributed by atoms with Gasteiger partial charge in [-0.3, -0.25) is 0 Å². The number of halogens is 1. The number of hydrogen-bond acceptors (Lipinski definition) is 3. The van der Waals surface area contributed by atoms with Crippen LogP contribution in [0.3, 0.4) is 0 Å². The van der Waals surface area contributed by atoms with Crippen molar-refractivity contribution in [2.75, 3.05) is 5.32 Å². The smallest absolute Gasteiger partial charge is 0.227 e. The van der Waals surface area contributed by atoms with Crippen LogP contribution in [0.2, 0.25) is 5.02 Å². The number of anilines is 2. The molecular formula is C19H15ClN4. The van der Waals surface area contributed by atoms with Gasteiger partial charge in [0.05, 0.1) is 5.69 Å². The van der Waals surface area contributed by atoms with Gasteiger partial charge in [0.25, 0.3) is 0 Å². The third kappa shape index (κ3) is 2.72. The van der Waals surface area contributed by atoms with Crippen molar-refractivity contribution in [1.82, 2.24) is 14.5 Å². The van der Waals surface area contributed by atoms with Crippen LogP contribution in [0.1, 0.15) is 0 Å². The van der Waals surface area contributed by atoms with Gasteiger partial charge in [0.2, 0.25) is 5.95 Å². The number of rotatable bonds is 3. The Kier molecular flexibility index (Phi) is 3.67. The van der Waals surface area contributed by atoms with E-state index in [4.69, 9.17) is 11.6 Å². The third-order valence-corrected chi connectivity index (χ3v) is 4.18. The van der Waals surface area contributed by atoms with E-state index in [-0.39, 0.29) is 0 Å². The molecule has 0 amide bonds. The van der Waals surface area contributed by atoms with Gasteiger partial charge in [-0.1, -0.05) is 29.8 Å². The van der Waals surface area contributed by atoms with Crippen LogP contribution in [-0.4, -0.2) is 14.5 Å². The second-order valence-corrected chi connectivity index (χ2v) is 6.00. The molecule has 2 aromatic heterocycles. The topological polar surface area (TPSA) is 42.7 Å². The summed E-state index contributed by atoms with van der Waals surface area (Å²) < 4.78 is 2.10. The predicted molar refractivity (Wildman–Crippen MR) is 98.7 cm³/mol. The molecule has 0 fully saturated rings. The Balaban J connectivity index is 1.74. The molecule has 4 aromatic rings. The lowest BCUT2D eigenvalue weighted by Crippen LogP contribution is -1.98. The molecule has 0 bridgehead atoms. The number of fused-ring (bicyclic) bond motifs is 1. The van der Waals surface area contributed by atoms with Gasteiger partial charge in [-0.2, -0.15) is 0 Å². The summed E-state index contributed by atoms with van der Waals surface area (Å²) >= 11 is 6.02. The molecule has 0 radical (unpaired) electrons. The van der Waals surface area contributed by atoms with Gasteiger partial charge >= 0.3 is 0 Å². The standard InChI is InChI=1S/C19H15ClN4/c1-24-11-9-16-15(6-3-7-18(16)24)17-8-10-21-19(23-17)22-14-5-2-4-13(20)12-14/h2-12H,1H3,(H,21,22,23). The molecule has 4 rings (SSSR count). The first-order valence-corrected chi connectivity index (χ1v) is 7.98. The van der Waals surface area contributed by atoms with E-state index in [0.29, 0.717) is 11.0 Å². The molecule has 0 saturated carbocycles. The number of hydrogen-bond donors (Lipinski definition) is 1. The van der Waals surface area contributed by atoms with E-state index >= 15 is 0 Å². The minimum Gasteiger partial charge on any atom is -0.351 e. The Morgan fingerprint density at radius 3 is 2.79 bits per heavy atom. The lowest BCUT2D eigenvalue weighted by Gasteiger charge is -2.08. The molecular weight excluding hydrogens is 320 g/mol. The SMILES string of the molecule is Cn1ccc2c(-c3ccnc(Nc4cccc(Cl)c4)n3)cccc21. The maximum absolute atomic E-state index is 6.02. The highest BCUT2D eigenvalue weighted by molar-refractivity contribution is 6.30. The van der Waals surface area contributed by atoms with Crippen molar-refractivity contribution in [1.29, 1.82) is 0 Å². The lowest BCUT2D eigenvalue weighted by molar-refractivity contribution is 0.969. The van der Waals surface area contributed by atoms with Gasteiger partial charge in [-0.25, -0.2) is 9.97 Å².